The number of aryl methyl sites for hydroxylation is 1. The van der Waals surface area contributed by atoms with Crippen LogP contribution in [0.25, 0.3) is 21.5 Å². The summed E-state index contributed by atoms with van der Waals surface area (Å²) in [4.78, 5) is 0. The Balaban J connectivity index is 1.09. The molecule has 0 bridgehead atoms. The molecule has 0 aromatic heterocycles. The van der Waals surface area contributed by atoms with E-state index in [-0.39, 0.29) is 11.4 Å². The van der Waals surface area contributed by atoms with Crippen LogP contribution in [-0.2, 0) is 0 Å². The number of nitrogens with one attached hydrogen (secondary N) is 1. The minimum absolute atomic E-state index is 0.00763. The maximum atomic E-state index is 11.1. The van der Waals surface area contributed by atoms with Gasteiger partial charge in [-0.25, -0.2) is 0 Å². The van der Waals surface area contributed by atoms with Crippen LogP contribution in [0.3, 0.4) is 0 Å². The molecule has 7 aromatic rings. The van der Waals surface area contributed by atoms with E-state index in [1.54, 1.807) is 38.5 Å². The average Bonchev–Trinajstić information content (AvgIpc) is 3.27. The number of methoxy groups -OCH3 is 4. The van der Waals surface area contributed by atoms with Gasteiger partial charge in [0.25, 0.3) is 0 Å². The molecule has 7 rings (SSSR count). The van der Waals surface area contributed by atoms with Crippen LogP contribution in [0.4, 0.5) is 45.5 Å². The van der Waals surface area contributed by atoms with Crippen molar-refractivity contribution in [2.24, 2.45) is 30.7 Å². The van der Waals surface area contributed by atoms with E-state index < -0.39 is 0 Å². The number of rotatable bonds is 15. The molecular weight excluding hydrogens is 747 g/mol. The van der Waals surface area contributed by atoms with Gasteiger partial charge in [0.15, 0.2) is 5.75 Å². The lowest BCUT2D eigenvalue weighted by Crippen LogP contribution is -1.95. The third kappa shape index (κ3) is 9.04. The molecule has 0 amide bonds. The lowest BCUT2D eigenvalue weighted by atomic mass is 10.1. The molecule has 13 heteroatoms. The Hall–Kier alpha value is -7.54. The summed E-state index contributed by atoms with van der Waals surface area (Å²) in [5.41, 5.74) is 5.32. The van der Waals surface area contributed by atoms with E-state index in [0.29, 0.717) is 64.1 Å². The van der Waals surface area contributed by atoms with E-state index in [1.165, 1.54) is 14.2 Å². The Bertz CT molecular complexity index is 2720. The topological polar surface area (TPSA) is 153 Å². The smallest absolute Gasteiger partial charge is 0.150 e. The van der Waals surface area contributed by atoms with E-state index in [1.807, 2.05) is 97.9 Å². The first kappa shape index (κ1) is 39.7. The zero-order valence-electron chi connectivity index (χ0n) is 33.1. The quantitative estimate of drug-likeness (QED) is 0.0981. The minimum atomic E-state index is -0.00763. The maximum absolute atomic E-state index is 11.1. The van der Waals surface area contributed by atoms with Gasteiger partial charge in [-0.1, -0.05) is 24.3 Å². The van der Waals surface area contributed by atoms with Crippen LogP contribution in [0.2, 0.25) is 0 Å². The van der Waals surface area contributed by atoms with Crippen LogP contribution in [0.15, 0.2) is 146 Å². The highest BCUT2D eigenvalue weighted by molar-refractivity contribution is 5.95. The standard InChI is InChI=1S/C46H41N7O6/c1-7-21-59-42-10-8-9-29-11-13-33(24-36(29)42)48-50-38-25-43(56-4)39(22-28(38)2)51-53-41-27-44(57-5)40(26-45(41)58-6)52-49-37-20-12-30-23-32(16-19-35(30)46(37)54)47-31-14-17-34(55-3)18-15-31/h1,8-20,22-27,47,54H,7,21H2,2-6H3. The number of hydrogen-bond acceptors (Lipinski definition) is 13. The summed E-state index contributed by atoms with van der Waals surface area (Å²) in [5, 5.41) is 44.7. The van der Waals surface area contributed by atoms with Gasteiger partial charge in [-0.2, -0.15) is 10.2 Å². The molecule has 59 heavy (non-hydrogen) atoms. The lowest BCUT2D eigenvalue weighted by molar-refractivity contribution is 0.328. The van der Waals surface area contributed by atoms with Crippen molar-refractivity contribution in [3.8, 4) is 34.5 Å². The molecule has 0 atom stereocenters. The normalized spacial score (nSPS) is 11.6. The van der Waals surface area contributed by atoms with Crippen molar-refractivity contribution in [3.05, 3.63) is 128 Å². The average molecular weight is 788 g/mol. The number of hydrogen-bond donors (Lipinski definition) is 2. The molecule has 0 aliphatic heterocycles. The second-order valence-electron chi connectivity index (χ2n) is 13.1. The number of aromatic hydroxyl groups is 1. The summed E-state index contributed by atoms with van der Waals surface area (Å²) < 4.78 is 28.0. The minimum Gasteiger partial charge on any atom is -0.505 e. The molecule has 0 unspecified atom stereocenters. The third-order valence-electron chi connectivity index (χ3n) is 9.33. The highest BCUT2D eigenvalue weighted by Crippen LogP contribution is 2.44. The van der Waals surface area contributed by atoms with E-state index in [4.69, 9.17) is 30.6 Å². The molecular formula is C46H41N7O6. The fraction of sp³-hybridized carbons (Fsp3) is 0.152. The lowest BCUT2D eigenvalue weighted by Gasteiger charge is -2.11. The van der Waals surface area contributed by atoms with E-state index in [0.717, 1.165) is 44.6 Å². The molecule has 0 aliphatic carbocycles. The zero-order valence-corrected chi connectivity index (χ0v) is 33.1. The molecule has 13 nitrogen and oxygen atoms in total. The number of azo groups is 3. The third-order valence-corrected chi connectivity index (χ3v) is 9.33. The van der Waals surface area contributed by atoms with Gasteiger partial charge in [0.2, 0.25) is 0 Å². The Morgan fingerprint density at radius 1 is 0.525 bits per heavy atom. The first-order chi connectivity index (χ1) is 28.8. The van der Waals surface area contributed by atoms with Gasteiger partial charge in [-0.15, -0.1) is 20.5 Å². The van der Waals surface area contributed by atoms with Crippen LogP contribution in [0.1, 0.15) is 12.0 Å². The summed E-state index contributed by atoms with van der Waals surface area (Å²) in [7, 11) is 6.21. The maximum Gasteiger partial charge on any atom is 0.150 e. The van der Waals surface area contributed by atoms with Crippen molar-refractivity contribution < 1.29 is 28.8 Å². The predicted molar refractivity (Wildman–Crippen MR) is 230 cm³/mol. The van der Waals surface area contributed by atoms with Crippen LogP contribution < -0.4 is 29.0 Å². The fourth-order valence-corrected chi connectivity index (χ4v) is 6.25. The number of anilines is 2. The molecule has 0 heterocycles. The molecule has 0 spiro atoms. The molecule has 7 aromatic carbocycles. The summed E-state index contributed by atoms with van der Waals surface area (Å²) in [6.07, 6.45) is 0.418. The van der Waals surface area contributed by atoms with Gasteiger partial charge in [0.05, 0.1) is 46.4 Å². The molecule has 0 saturated carbocycles. The number of phenols is 1. The Morgan fingerprint density at radius 2 is 1.14 bits per heavy atom. The van der Waals surface area contributed by atoms with Crippen molar-refractivity contribution in [2.75, 3.05) is 40.4 Å². The van der Waals surface area contributed by atoms with Crippen LogP contribution >= 0.6 is 0 Å². The Labute approximate surface area is 341 Å². The predicted octanol–water partition coefficient (Wildman–Crippen LogP) is 13.5. The van der Waals surface area contributed by atoms with Crippen molar-refractivity contribution in [3.63, 3.8) is 0 Å². The second kappa shape index (κ2) is 18.2. The van der Waals surface area contributed by atoms with E-state index in [2.05, 4.69) is 36.0 Å². The summed E-state index contributed by atoms with van der Waals surface area (Å²) in [6.45, 7) is 7.96. The molecule has 2 N–H and O–H groups in total. The molecule has 0 fully saturated rings. The van der Waals surface area contributed by atoms with Gasteiger partial charge in [-0.3, -0.25) is 0 Å². The van der Waals surface area contributed by atoms with Crippen molar-refractivity contribution >= 4 is 67.0 Å². The number of nitrogens with zero attached hydrogens (tertiary/aromatic N) is 6. The first-order valence-electron chi connectivity index (χ1n) is 18.5. The van der Waals surface area contributed by atoms with Crippen LogP contribution in [0, 0.1) is 13.8 Å². The van der Waals surface area contributed by atoms with Gasteiger partial charge >= 0.3 is 0 Å². The monoisotopic (exact) mass is 787 g/mol. The highest BCUT2D eigenvalue weighted by Gasteiger charge is 2.15. The molecule has 296 valence electrons. The summed E-state index contributed by atoms with van der Waals surface area (Å²) >= 11 is 0. The van der Waals surface area contributed by atoms with Crippen molar-refractivity contribution in [2.45, 2.75) is 13.3 Å². The molecule has 2 radical (unpaired) electrons. The number of benzene rings is 7. The fourth-order valence-electron chi connectivity index (χ4n) is 6.25. The second-order valence-corrected chi connectivity index (χ2v) is 13.1. The largest absolute Gasteiger partial charge is 0.505 e. The van der Waals surface area contributed by atoms with E-state index in [9.17, 15) is 5.11 Å². The molecule has 0 saturated heterocycles. The Morgan fingerprint density at radius 3 is 1.80 bits per heavy atom. The highest BCUT2D eigenvalue weighted by atomic mass is 16.5. The van der Waals surface area contributed by atoms with Crippen LogP contribution in [0.5, 0.6) is 34.5 Å². The van der Waals surface area contributed by atoms with Gasteiger partial charge in [0.1, 0.15) is 51.5 Å². The van der Waals surface area contributed by atoms with Gasteiger partial charge in [0, 0.05) is 40.3 Å². The number of phenolic OH excluding ortho intramolecular Hbond substituents is 1. The van der Waals surface area contributed by atoms with Gasteiger partial charge < -0.3 is 34.1 Å². The number of fused-ring (bicyclic) bond motifs is 2. The first-order valence-corrected chi connectivity index (χ1v) is 18.5. The number of ether oxygens (including phenoxy) is 5. The van der Waals surface area contributed by atoms with Crippen molar-refractivity contribution in [1.29, 1.82) is 0 Å². The SMILES string of the molecule is [CH]CCOc1cccc2ccc(N=Nc3cc(OC)c(N=Nc4cc(OC)c(N=Nc5ccc6cc(Nc7ccc(OC)cc7)ccc6c5O)cc4OC)cc3C)cc12. The molecule has 0 aliphatic rings. The summed E-state index contributed by atoms with van der Waals surface area (Å²) in [6, 6.07) is 35.4. The van der Waals surface area contributed by atoms with Crippen molar-refractivity contribution in [1.82, 2.24) is 0 Å². The van der Waals surface area contributed by atoms with Gasteiger partial charge in [-0.05, 0) is 109 Å². The van der Waals surface area contributed by atoms with E-state index >= 15 is 0 Å². The Kier molecular flexibility index (Phi) is 12.2. The van der Waals surface area contributed by atoms with Crippen LogP contribution in [-0.4, -0.2) is 40.2 Å². The zero-order chi connectivity index (χ0) is 41.3. The summed E-state index contributed by atoms with van der Waals surface area (Å²) in [5.74, 6) is 2.69.